The number of aromatic nitrogens is 1. The van der Waals surface area contributed by atoms with E-state index in [0.717, 1.165) is 5.69 Å². The van der Waals surface area contributed by atoms with Gasteiger partial charge in [0.1, 0.15) is 17.6 Å². The lowest BCUT2D eigenvalue weighted by Crippen LogP contribution is -2.44. The Hall–Kier alpha value is -2.41. The lowest BCUT2D eigenvalue weighted by molar-refractivity contribution is -0.119. The minimum Gasteiger partial charge on any atom is -0.324 e. The molecule has 2 heterocycles. The van der Waals surface area contributed by atoms with Gasteiger partial charge in [-0.3, -0.25) is 9.59 Å². The van der Waals surface area contributed by atoms with Gasteiger partial charge >= 0.3 is 0 Å². The summed E-state index contributed by atoms with van der Waals surface area (Å²) in [6, 6.07) is 10.3. The molecule has 1 aliphatic heterocycles. The Kier molecular flexibility index (Phi) is 4.80. The fraction of sp³-hybridized carbons (Fsp3) is 0.235. The van der Waals surface area contributed by atoms with Crippen molar-refractivity contribution in [2.75, 3.05) is 16.9 Å². The summed E-state index contributed by atoms with van der Waals surface area (Å²) in [7, 11) is 0. The molecule has 1 atom stereocenters. The van der Waals surface area contributed by atoms with Crippen molar-refractivity contribution in [1.82, 2.24) is 9.88 Å². The highest BCUT2D eigenvalue weighted by atomic mass is 32.2. The largest absolute Gasteiger partial charge is 0.324 e. The molecule has 0 spiro atoms. The Bertz CT molecular complexity index is 784. The fourth-order valence-electron chi connectivity index (χ4n) is 2.46. The number of carbonyl (C=O) groups is 2. The Labute approximate surface area is 143 Å². The molecule has 3 rings (SSSR count). The zero-order valence-corrected chi connectivity index (χ0v) is 13.8. The molecule has 5 nitrogen and oxygen atoms in total. The molecule has 0 bridgehead atoms. The van der Waals surface area contributed by atoms with Gasteiger partial charge in [-0.1, -0.05) is 12.1 Å². The topological polar surface area (TPSA) is 62.3 Å². The lowest BCUT2D eigenvalue weighted by atomic mass is 10.2. The smallest absolute Gasteiger partial charge is 0.273 e. The second-order valence-electron chi connectivity index (χ2n) is 5.45. The number of thioether (sulfide) groups is 1. The first-order valence-electron chi connectivity index (χ1n) is 7.43. The highest BCUT2D eigenvalue weighted by Crippen LogP contribution is 2.24. The Balaban J connectivity index is 1.75. The molecule has 0 saturated carbocycles. The maximum atomic E-state index is 13.2. The molecule has 1 saturated heterocycles. The number of hydrogen-bond donors (Lipinski definition) is 1. The zero-order chi connectivity index (χ0) is 17.1. The number of nitrogens with zero attached hydrogens (tertiary/aromatic N) is 2. The second-order valence-corrected chi connectivity index (χ2v) is 6.45. The number of amides is 2. The van der Waals surface area contributed by atoms with Crippen molar-refractivity contribution in [3.63, 3.8) is 0 Å². The quantitative estimate of drug-likeness (QED) is 0.929. The van der Waals surface area contributed by atoms with Crippen LogP contribution in [0.3, 0.4) is 0 Å². The molecule has 2 amide bonds. The van der Waals surface area contributed by atoms with Crippen molar-refractivity contribution in [2.45, 2.75) is 13.0 Å². The van der Waals surface area contributed by atoms with Gasteiger partial charge in [0.2, 0.25) is 5.91 Å². The van der Waals surface area contributed by atoms with Gasteiger partial charge in [0.25, 0.3) is 5.91 Å². The first kappa shape index (κ1) is 16.4. The maximum absolute atomic E-state index is 13.2. The van der Waals surface area contributed by atoms with Crippen molar-refractivity contribution in [2.24, 2.45) is 0 Å². The van der Waals surface area contributed by atoms with Crippen LogP contribution < -0.4 is 5.32 Å². The number of anilines is 1. The summed E-state index contributed by atoms with van der Waals surface area (Å²) in [5.74, 6) is -0.103. The highest BCUT2D eigenvalue weighted by molar-refractivity contribution is 7.99. The van der Waals surface area contributed by atoms with Gasteiger partial charge < -0.3 is 10.2 Å². The average molecular weight is 345 g/mol. The summed E-state index contributed by atoms with van der Waals surface area (Å²) in [5.41, 5.74) is 1.44. The van der Waals surface area contributed by atoms with Crippen LogP contribution in [0.1, 0.15) is 16.2 Å². The van der Waals surface area contributed by atoms with E-state index in [4.69, 9.17) is 0 Å². The number of aryl methyl sites for hydroxylation is 1. The van der Waals surface area contributed by atoms with E-state index in [-0.39, 0.29) is 11.8 Å². The Morgan fingerprint density at radius 1 is 1.29 bits per heavy atom. The molecule has 1 N–H and O–H groups in total. The Morgan fingerprint density at radius 2 is 2.08 bits per heavy atom. The van der Waals surface area contributed by atoms with E-state index in [0.29, 0.717) is 23.0 Å². The molecule has 2 aromatic rings. The van der Waals surface area contributed by atoms with Crippen molar-refractivity contribution >= 4 is 29.3 Å². The number of hydrogen-bond acceptors (Lipinski definition) is 4. The van der Waals surface area contributed by atoms with E-state index < -0.39 is 11.9 Å². The SMILES string of the molecule is Cc1cccc(C(=O)N2CSC[C@@H]2C(=O)Nc2cccc(F)c2)n1. The normalized spacial score (nSPS) is 16.9. The molecule has 1 aromatic heterocycles. The highest BCUT2D eigenvalue weighted by Gasteiger charge is 2.35. The average Bonchev–Trinajstić information content (AvgIpc) is 3.04. The molecule has 124 valence electrons. The summed E-state index contributed by atoms with van der Waals surface area (Å²) in [6.07, 6.45) is 0. The monoisotopic (exact) mass is 345 g/mol. The molecular formula is C17H16FN3O2S. The van der Waals surface area contributed by atoms with E-state index >= 15 is 0 Å². The van der Waals surface area contributed by atoms with E-state index in [2.05, 4.69) is 10.3 Å². The van der Waals surface area contributed by atoms with Gasteiger partial charge in [0, 0.05) is 17.1 Å². The van der Waals surface area contributed by atoms with E-state index in [9.17, 15) is 14.0 Å². The van der Waals surface area contributed by atoms with E-state index in [1.54, 1.807) is 18.2 Å². The van der Waals surface area contributed by atoms with Gasteiger partial charge in [0.05, 0.1) is 5.88 Å². The summed E-state index contributed by atoms with van der Waals surface area (Å²) in [5, 5.41) is 2.67. The third-order valence-electron chi connectivity index (χ3n) is 3.65. The first-order chi connectivity index (χ1) is 11.5. The first-order valence-corrected chi connectivity index (χ1v) is 8.59. The van der Waals surface area contributed by atoms with E-state index in [1.807, 2.05) is 13.0 Å². The minimum atomic E-state index is -0.604. The minimum absolute atomic E-state index is 0.275. The molecule has 1 fully saturated rings. The predicted octanol–water partition coefficient (Wildman–Crippen LogP) is 2.68. The van der Waals surface area contributed by atoms with Gasteiger partial charge in [-0.15, -0.1) is 11.8 Å². The second kappa shape index (κ2) is 7.00. The molecule has 7 heteroatoms. The van der Waals surface area contributed by atoms with Gasteiger partial charge in [-0.2, -0.15) is 0 Å². The van der Waals surface area contributed by atoms with E-state index in [1.165, 1.54) is 34.9 Å². The molecule has 0 unspecified atom stereocenters. The van der Waals surface area contributed by atoms with Gasteiger partial charge in [0.15, 0.2) is 0 Å². The van der Waals surface area contributed by atoms with Crippen LogP contribution in [0.2, 0.25) is 0 Å². The molecule has 1 aliphatic rings. The fourth-order valence-corrected chi connectivity index (χ4v) is 3.61. The number of benzene rings is 1. The predicted molar refractivity (Wildman–Crippen MR) is 91.3 cm³/mol. The Morgan fingerprint density at radius 3 is 2.83 bits per heavy atom. The van der Waals surface area contributed by atoms with Crippen molar-refractivity contribution in [3.8, 4) is 0 Å². The van der Waals surface area contributed by atoms with Gasteiger partial charge in [-0.05, 0) is 37.3 Å². The summed E-state index contributed by atoms with van der Waals surface area (Å²) in [6.45, 7) is 1.81. The molecule has 0 aliphatic carbocycles. The zero-order valence-electron chi connectivity index (χ0n) is 13.0. The number of pyridine rings is 1. The van der Waals surface area contributed by atoms with Crippen molar-refractivity contribution in [1.29, 1.82) is 0 Å². The summed E-state index contributed by atoms with van der Waals surface area (Å²) >= 11 is 1.50. The van der Waals surface area contributed by atoms with Crippen molar-refractivity contribution in [3.05, 3.63) is 59.7 Å². The van der Waals surface area contributed by atoms with Crippen LogP contribution in [0.15, 0.2) is 42.5 Å². The van der Waals surface area contributed by atoms with Crippen LogP contribution in [0.25, 0.3) is 0 Å². The van der Waals surface area contributed by atoms with Crippen LogP contribution in [0, 0.1) is 12.7 Å². The summed E-state index contributed by atoms with van der Waals surface area (Å²) in [4.78, 5) is 30.8. The maximum Gasteiger partial charge on any atom is 0.273 e. The van der Waals surface area contributed by atoms with Crippen LogP contribution in [-0.2, 0) is 4.79 Å². The van der Waals surface area contributed by atoms with Crippen LogP contribution in [0.4, 0.5) is 10.1 Å². The molecule has 24 heavy (non-hydrogen) atoms. The van der Waals surface area contributed by atoms with Gasteiger partial charge in [-0.25, -0.2) is 9.37 Å². The lowest BCUT2D eigenvalue weighted by Gasteiger charge is -2.22. The molecule has 0 radical (unpaired) electrons. The molecular weight excluding hydrogens is 329 g/mol. The number of nitrogens with one attached hydrogen (secondary N) is 1. The summed E-state index contributed by atoms with van der Waals surface area (Å²) < 4.78 is 13.2. The third kappa shape index (κ3) is 3.56. The standard InChI is InChI=1S/C17H16FN3O2S/c1-11-4-2-7-14(19-11)17(23)21-10-24-9-15(21)16(22)20-13-6-3-5-12(18)8-13/h2-8,15H,9-10H2,1H3,(H,20,22)/t15-/m1/s1. The van der Waals surface area contributed by atoms with Crippen LogP contribution in [-0.4, -0.2) is 39.4 Å². The third-order valence-corrected chi connectivity index (χ3v) is 4.66. The van der Waals surface area contributed by atoms with Crippen LogP contribution >= 0.6 is 11.8 Å². The van der Waals surface area contributed by atoms with Crippen molar-refractivity contribution < 1.29 is 14.0 Å². The van der Waals surface area contributed by atoms with Crippen LogP contribution in [0.5, 0.6) is 0 Å². The molecule has 1 aromatic carbocycles. The number of carbonyl (C=O) groups excluding carboxylic acids is 2. The number of rotatable bonds is 3. The number of halogens is 1.